The second kappa shape index (κ2) is 12.5. The van der Waals surface area contributed by atoms with Crippen LogP contribution in [0.3, 0.4) is 0 Å². The Kier molecular flexibility index (Phi) is 8.92. The van der Waals surface area contributed by atoms with Crippen LogP contribution in [-0.2, 0) is 11.9 Å². The summed E-state index contributed by atoms with van der Waals surface area (Å²) in [5.74, 6) is 0.891. The number of carbonyl (C=O) groups excluding carboxylic acids is 1. The number of rotatable bonds is 9. The van der Waals surface area contributed by atoms with Crippen molar-refractivity contribution in [3.05, 3.63) is 113 Å². The SMILES string of the molecule is COc1ccc(/C=C/C(=O)c2ccccc2OC)cc1CSc1nc(C(F)(F)F)cc(-c2ccccc2)c1C#N. The Bertz CT molecular complexity index is 1600. The minimum Gasteiger partial charge on any atom is -0.496 e. The Balaban J connectivity index is 1.65. The van der Waals surface area contributed by atoms with Gasteiger partial charge in [-0.2, -0.15) is 18.4 Å². The molecule has 0 bridgehead atoms. The Morgan fingerprint density at radius 1 is 0.975 bits per heavy atom. The number of halogens is 3. The van der Waals surface area contributed by atoms with Gasteiger partial charge in [0, 0.05) is 16.9 Å². The first kappa shape index (κ1) is 28.5. The molecule has 1 aromatic heterocycles. The minimum atomic E-state index is -4.69. The Morgan fingerprint density at radius 2 is 1.68 bits per heavy atom. The summed E-state index contributed by atoms with van der Waals surface area (Å²) in [6, 6.07) is 23.5. The van der Waals surface area contributed by atoms with E-state index < -0.39 is 11.9 Å². The number of ether oxygens (including phenoxy) is 2. The molecule has 4 rings (SSSR count). The molecule has 9 heteroatoms. The van der Waals surface area contributed by atoms with Gasteiger partial charge in [0.25, 0.3) is 0 Å². The number of allylic oxidation sites excluding steroid dienone is 1. The molecule has 1 heterocycles. The lowest BCUT2D eigenvalue weighted by atomic mass is 10.0. The molecule has 3 aromatic carbocycles. The molecule has 0 amide bonds. The highest BCUT2D eigenvalue weighted by Gasteiger charge is 2.34. The second-order valence-corrected chi connectivity index (χ2v) is 9.43. The first-order chi connectivity index (χ1) is 19.2. The lowest BCUT2D eigenvalue weighted by molar-refractivity contribution is -0.141. The van der Waals surface area contributed by atoms with Gasteiger partial charge in [-0.1, -0.05) is 54.6 Å². The Hall–Kier alpha value is -4.55. The summed E-state index contributed by atoms with van der Waals surface area (Å²) in [7, 11) is 2.98. The molecule has 0 saturated heterocycles. The van der Waals surface area contributed by atoms with Gasteiger partial charge in [0.05, 0.1) is 25.3 Å². The van der Waals surface area contributed by atoms with Crippen molar-refractivity contribution >= 4 is 23.6 Å². The average Bonchev–Trinajstić information content (AvgIpc) is 2.98. The largest absolute Gasteiger partial charge is 0.496 e. The molecule has 0 fully saturated rings. The molecule has 4 aromatic rings. The smallest absolute Gasteiger partial charge is 0.433 e. The zero-order valence-electron chi connectivity index (χ0n) is 21.5. The number of hydrogen-bond acceptors (Lipinski definition) is 6. The Labute approximate surface area is 233 Å². The predicted molar refractivity (Wildman–Crippen MR) is 148 cm³/mol. The van der Waals surface area contributed by atoms with E-state index in [-0.39, 0.29) is 27.7 Å². The minimum absolute atomic E-state index is 0.0365. The number of nitriles is 1. The summed E-state index contributed by atoms with van der Waals surface area (Å²) in [6.45, 7) is 0. The van der Waals surface area contributed by atoms with Crippen LogP contribution in [0.2, 0.25) is 0 Å². The van der Waals surface area contributed by atoms with E-state index in [1.165, 1.54) is 20.3 Å². The van der Waals surface area contributed by atoms with Crippen LogP contribution in [0.4, 0.5) is 13.2 Å². The van der Waals surface area contributed by atoms with Crippen LogP contribution in [0, 0.1) is 11.3 Å². The molecule has 40 heavy (non-hydrogen) atoms. The van der Waals surface area contributed by atoms with E-state index in [1.807, 2.05) is 6.07 Å². The van der Waals surface area contributed by atoms with Crippen LogP contribution >= 0.6 is 11.8 Å². The topological polar surface area (TPSA) is 72.2 Å². The van der Waals surface area contributed by atoms with Gasteiger partial charge in [-0.25, -0.2) is 4.98 Å². The fourth-order valence-corrected chi connectivity index (χ4v) is 4.98. The first-order valence-electron chi connectivity index (χ1n) is 12.0. The lowest BCUT2D eigenvalue weighted by Gasteiger charge is -2.15. The van der Waals surface area contributed by atoms with Gasteiger partial charge >= 0.3 is 6.18 Å². The number of hydrogen-bond donors (Lipinski definition) is 0. The van der Waals surface area contributed by atoms with Gasteiger partial charge in [-0.05, 0) is 47.5 Å². The number of aromatic nitrogens is 1. The maximum absolute atomic E-state index is 13.7. The van der Waals surface area contributed by atoms with Crippen molar-refractivity contribution < 1.29 is 27.4 Å². The van der Waals surface area contributed by atoms with Crippen molar-refractivity contribution in [2.75, 3.05) is 14.2 Å². The van der Waals surface area contributed by atoms with Crippen molar-refractivity contribution in [1.82, 2.24) is 4.98 Å². The maximum atomic E-state index is 13.7. The van der Waals surface area contributed by atoms with Crippen LogP contribution in [0.15, 0.2) is 90.0 Å². The van der Waals surface area contributed by atoms with Crippen LogP contribution in [0.25, 0.3) is 17.2 Å². The van der Waals surface area contributed by atoms with Crippen LogP contribution in [0.1, 0.15) is 32.7 Å². The highest BCUT2D eigenvalue weighted by molar-refractivity contribution is 7.98. The number of nitrogens with zero attached hydrogens (tertiary/aromatic N) is 2. The van der Waals surface area contributed by atoms with Gasteiger partial charge in [-0.15, -0.1) is 11.8 Å². The van der Waals surface area contributed by atoms with Crippen molar-refractivity contribution in [2.24, 2.45) is 0 Å². The normalized spacial score (nSPS) is 11.3. The zero-order valence-corrected chi connectivity index (χ0v) is 22.3. The predicted octanol–water partition coefficient (Wildman–Crippen LogP) is 7.84. The number of para-hydroxylation sites is 1. The summed E-state index contributed by atoms with van der Waals surface area (Å²) < 4.78 is 51.9. The zero-order chi connectivity index (χ0) is 28.7. The van der Waals surface area contributed by atoms with Crippen molar-refractivity contribution in [3.8, 4) is 28.7 Å². The summed E-state index contributed by atoms with van der Waals surface area (Å²) in [6.07, 6.45) is -1.63. The van der Waals surface area contributed by atoms with Crippen LogP contribution in [-0.4, -0.2) is 25.0 Å². The van der Waals surface area contributed by atoms with Crippen molar-refractivity contribution in [3.63, 3.8) is 0 Å². The molecular formula is C31H23F3N2O3S. The molecule has 0 spiro atoms. The number of methoxy groups -OCH3 is 2. The molecule has 0 aliphatic carbocycles. The molecule has 0 aliphatic rings. The molecular weight excluding hydrogens is 537 g/mol. The fourth-order valence-electron chi connectivity index (χ4n) is 4.00. The molecule has 0 atom stereocenters. The van der Waals surface area contributed by atoms with Gasteiger partial charge in [0.2, 0.25) is 0 Å². The summed E-state index contributed by atoms with van der Waals surface area (Å²) in [5, 5.41) is 9.85. The third kappa shape index (κ3) is 6.53. The quantitative estimate of drug-likeness (QED) is 0.118. The number of ketones is 1. The second-order valence-electron chi connectivity index (χ2n) is 8.47. The number of thioether (sulfide) groups is 1. The summed E-state index contributed by atoms with van der Waals surface area (Å²) in [5.41, 5.74) is 1.38. The summed E-state index contributed by atoms with van der Waals surface area (Å²) >= 11 is 1.01. The molecule has 202 valence electrons. The van der Waals surface area contributed by atoms with E-state index in [4.69, 9.17) is 9.47 Å². The Morgan fingerprint density at radius 3 is 2.35 bits per heavy atom. The standard InChI is InChI=1S/C31H23F3N2O3S/c1-38-27-15-13-20(12-14-26(37)23-10-6-7-11-28(23)39-2)16-22(27)19-40-30-25(18-35)24(21-8-4-3-5-9-21)17-29(36-30)31(32,33)34/h3-17H,19H2,1-2H3/b14-12+. The molecule has 0 unspecified atom stereocenters. The lowest BCUT2D eigenvalue weighted by Crippen LogP contribution is -2.10. The monoisotopic (exact) mass is 560 g/mol. The van der Waals surface area contributed by atoms with Gasteiger partial charge < -0.3 is 9.47 Å². The van der Waals surface area contributed by atoms with Crippen molar-refractivity contribution in [1.29, 1.82) is 5.26 Å². The number of alkyl halides is 3. The number of carbonyl (C=O) groups is 1. The average molecular weight is 561 g/mol. The molecule has 0 radical (unpaired) electrons. The summed E-state index contributed by atoms with van der Waals surface area (Å²) in [4.78, 5) is 16.5. The highest BCUT2D eigenvalue weighted by atomic mass is 32.2. The van der Waals surface area contributed by atoms with E-state index in [2.05, 4.69) is 4.98 Å². The van der Waals surface area contributed by atoms with Crippen LogP contribution in [0.5, 0.6) is 11.5 Å². The van der Waals surface area contributed by atoms with Gasteiger partial charge in [-0.3, -0.25) is 4.79 Å². The molecule has 5 nitrogen and oxygen atoms in total. The third-order valence-electron chi connectivity index (χ3n) is 5.94. The number of benzene rings is 3. The van der Waals surface area contributed by atoms with E-state index in [0.717, 1.165) is 17.8 Å². The van der Waals surface area contributed by atoms with Crippen molar-refractivity contribution in [2.45, 2.75) is 17.0 Å². The highest BCUT2D eigenvalue weighted by Crippen LogP contribution is 2.38. The third-order valence-corrected chi connectivity index (χ3v) is 6.97. The van der Waals surface area contributed by atoms with E-state index in [0.29, 0.717) is 33.8 Å². The number of pyridine rings is 1. The van der Waals surface area contributed by atoms with E-state index in [9.17, 15) is 23.2 Å². The molecule has 0 saturated carbocycles. The molecule has 0 N–H and O–H groups in total. The van der Waals surface area contributed by atoms with Crippen LogP contribution < -0.4 is 9.47 Å². The van der Waals surface area contributed by atoms with Gasteiger partial charge in [0.1, 0.15) is 28.3 Å². The first-order valence-corrected chi connectivity index (χ1v) is 13.0. The van der Waals surface area contributed by atoms with Gasteiger partial charge in [0.15, 0.2) is 5.78 Å². The maximum Gasteiger partial charge on any atom is 0.433 e. The molecule has 0 aliphatic heterocycles. The van der Waals surface area contributed by atoms with E-state index >= 15 is 0 Å². The van der Waals surface area contributed by atoms with E-state index in [1.54, 1.807) is 78.9 Å². The fraction of sp³-hybridized carbons (Fsp3) is 0.129.